The minimum Gasteiger partial charge on any atom is -0.309 e. The molecule has 0 saturated heterocycles. The summed E-state index contributed by atoms with van der Waals surface area (Å²) in [6.07, 6.45) is 7.35. The molecule has 2 aromatic rings. The summed E-state index contributed by atoms with van der Waals surface area (Å²) >= 11 is 5.64. The molecule has 20 heavy (non-hydrogen) atoms. The molecule has 0 radical (unpaired) electrons. The van der Waals surface area contributed by atoms with Crippen molar-refractivity contribution in [3.8, 4) is 5.69 Å². The maximum atomic E-state index is 12.0. The van der Waals surface area contributed by atoms with Gasteiger partial charge in [-0.3, -0.25) is 4.79 Å². The van der Waals surface area contributed by atoms with E-state index in [0.717, 1.165) is 11.4 Å². The van der Waals surface area contributed by atoms with Crippen LogP contribution in [0, 0.1) is 0 Å². The predicted molar refractivity (Wildman–Crippen MR) is 81.5 cm³/mol. The highest BCUT2D eigenvalue weighted by atomic mass is 35.5. The van der Waals surface area contributed by atoms with E-state index >= 15 is 0 Å². The number of amides is 1. The van der Waals surface area contributed by atoms with Gasteiger partial charge in [0.15, 0.2) is 0 Å². The number of hydrogen-bond donors (Lipinski definition) is 0. The summed E-state index contributed by atoms with van der Waals surface area (Å²) in [6, 6.07) is 7.71. The number of hydrogen-bond acceptors (Lipinski definition) is 2. The van der Waals surface area contributed by atoms with Gasteiger partial charge in [-0.1, -0.05) is 6.08 Å². The number of imidazole rings is 1. The molecule has 0 aliphatic heterocycles. The van der Waals surface area contributed by atoms with E-state index in [9.17, 15) is 4.79 Å². The summed E-state index contributed by atoms with van der Waals surface area (Å²) in [5.74, 6) is 0.315. The number of nitrogens with zero attached hydrogens (tertiary/aromatic N) is 3. The first-order chi connectivity index (χ1) is 9.76. The van der Waals surface area contributed by atoms with Crippen molar-refractivity contribution in [2.24, 2.45) is 0 Å². The van der Waals surface area contributed by atoms with Crippen molar-refractivity contribution in [2.75, 3.05) is 17.3 Å². The normalized spacial score (nSPS) is 10.2. The second-order valence-corrected chi connectivity index (χ2v) is 4.60. The molecule has 0 aliphatic rings. The number of carbonyl (C=O) groups is 1. The largest absolute Gasteiger partial charge is 0.309 e. The maximum absolute atomic E-state index is 12.0. The Morgan fingerprint density at radius 3 is 2.70 bits per heavy atom. The Labute approximate surface area is 123 Å². The van der Waals surface area contributed by atoms with Crippen LogP contribution in [0.4, 0.5) is 5.69 Å². The van der Waals surface area contributed by atoms with Gasteiger partial charge in [-0.05, 0) is 24.3 Å². The number of alkyl halides is 1. The van der Waals surface area contributed by atoms with Crippen LogP contribution in [0.1, 0.15) is 6.42 Å². The minimum atomic E-state index is -0.00437. The van der Waals surface area contributed by atoms with Crippen molar-refractivity contribution in [3.05, 3.63) is 55.6 Å². The number of benzene rings is 1. The van der Waals surface area contributed by atoms with Crippen LogP contribution in [-0.4, -0.2) is 27.9 Å². The van der Waals surface area contributed by atoms with Crippen LogP contribution in [0.25, 0.3) is 5.69 Å². The summed E-state index contributed by atoms with van der Waals surface area (Å²) in [4.78, 5) is 17.7. The molecule has 0 N–H and O–H groups in total. The van der Waals surface area contributed by atoms with E-state index in [1.165, 1.54) is 0 Å². The van der Waals surface area contributed by atoms with Gasteiger partial charge in [0.25, 0.3) is 0 Å². The zero-order valence-corrected chi connectivity index (χ0v) is 11.8. The van der Waals surface area contributed by atoms with Crippen LogP contribution in [0.2, 0.25) is 0 Å². The van der Waals surface area contributed by atoms with E-state index in [4.69, 9.17) is 11.6 Å². The molecular formula is C15H16ClN3O. The molecule has 4 nitrogen and oxygen atoms in total. The molecular weight excluding hydrogens is 274 g/mol. The second kappa shape index (κ2) is 6.91. The molecule has 0 spiro atoms. The van der Waals surface area contributed by atoms with Gasteiger partial charge in [-0.15, -0.1) is 18.2 Å². The Bertz CT molecular complexity index is 563. The lowest BCUT2D eigenvalue weighted by atomic mass is 10.2. The van der Waals surface area contributed by atoms with Crippen molar-refractivity contribution in [2.45, 2.75) is 6.42 Å². The third-order valence-corrected chi connectivity index (χ3v) is 3.07. The zero-order chi connectivity index (χ0) is 14.4. The molecule has 2 rings (SSSR count). The first-order valence-electron chi connectivity index (χ1n) is 6.32. The summed E-state index contributed by atoms with van der Waals surface area (Å²) < 4.78 is 1.90. The monoisotopic (exact) mass is 289 g/mol. The molecule has 1 amide bonds. The topological polar surface area (TPSA) is 38.1 Å². The molecule has 0 unspecified atom stereocenters. The highest BCUT2D eigenvalue weighted by molar-refractivity contribution is 6.19. The number of halogens is 1. The lowest BCUT2D eigenvalue weighted by Crippen LogP contribution is -2.31. The summed E-state index contributed by atoms with van der Waals surface area (Å²) in [6.45, 7) is 4.16. The first kappa shape index (κ1) is 14.3. The quantitative estimate of drug-likeness (QED) is 0.605. The molecule has 0 fully saturated rings. The fraction of sp³-hybridized carbons (Fsp3) is 0.200. The Hall–Kier alpha value is -2.07. The molecule has 1 aromatic heterocycles. The highest BCUT2D eigenvalue weighted by Gasteiger charge is 2.13. The van der Waals surface area contributed by atoms with Crippen LogP contribution < -0.4 is 4.90 Å². The maximum Gasteiger partial charge on any atom is 0.228 e. The SMILES string of the molecule is C=CCN(C(=O)CCCl)c1ccc(-n2ccnc2)cc1. The van der Waals surface area contributed by atoms with Crippen LogP contribution >= 0.6 is 11.6 Å². The van der Waals surface area contributed by atoms with E-state index < -0.39 is 0 Å². The van der Waals surface area contributed by atoms with Gasteiger partial charge in [0, 0.05) is 42.6 Å². The van der Waals surface area contributed by atoms with E-state index in [2.05, 4.69) is 11.6 Å². The number of anilines is 1. The summed E-state index contributed by atoms with van der Waals surface area (Å²) in [7, 11) is 0. The van der Waals surface area contributed by atoms with Gasteiger partial charge in [0.1, 0.15) is 0 Å². The van der Waals surface area contributed by atoms with E-state index in [-0.39, 0.29) is 5.91 Å². The highest BCUT2D eigenvalue weighted by Crippen LogP contribution is 2.18. The zero-order valence-electron chi connectivity index (χ0n) is 11.1. The van der Waals surface area contributed by atoms with Gasteiger partial charge < -0.3 is 9.47 Å². The Morgan fingerprint density at radius 1 is 1.40 bits per heavy atom. The Kier molecular flexibility index (Phi) is 4.96. The molecule has 0 aliphatic carbocycles. The van der Waals surface area contributed by atoms with Crippen molar-refractivity contribution < 1.29 is 4.79 Å². The fourth-order valence-electron chi connectivity index (χ4n) is 1.91. The average Bonchev–Trinajstić information content (AvgIpc) is 2.99. The minimum absolute atomic E-state index is 0.00437. The molecule has 5 heteroatoms. The van der Waals surface area contributed by atoms with E-state index in [0.29, 0.717) is 18.8 Å². The van der Waals surface area contributed by atoms with Crippen molar-refractivity contribution in [3.63, 3.8) is 0 Å². The van der Waals surface area contributed by atoms with Crippen LogP contribution in [-0.2, 0) is 4.79 Å². The number of rotatable bonds is 6. The molecule has 1 aromatic carbocycles. The fourth-order valence-corrected chi connectivity index (χ4v) is 2.07. The average molecular weight is 290 g/mol. The molecule has 0 bridgehead atoms. The van der Waals surface area contributed by atoms with Crippen LogP contribution in [0.5, 0.6) is 0 Å². The third-order valence-electron chi connectivity index (χ3n) is 2.89. The predicted octanol–water partition coefficient (Wildman–Crippen LogP) is 3.02. The number of aromatic nitrogens is 2. The van der Waals surface area contributed by atoms with Gasteiger partial charge in [0.05, 0.1) is 6.33 Å². The third kappa shape index (κ3) is 3.27. The van der Waals surface area contributed by atoms with Crippen molar-refractivity contribution in [1.29, 1.82) is 0 Å². The summed E-state index contributed by atoms with van der Waals surface area (Å²) in [5.41, 5.74) is 1.83. The first-order valence-corrected chi connectivity index (χ1v) is 6.85. The van der Waals surface area contributed by atoms with Gasteiger partial charge in [-0.2, -0.15) is 0 Å². The Balaban J connectivity index is 2.21. The number of carbonyl (C=O) groups excluding carboxylic acids is 1. The second-order valence-electron chi connectivity index (χ2n) is 4.22. The van der Waals surface area contributed by atoms with Crippen LogP contribution in [0.15, 0.2) is 55.6 Å². The molecule has 0 atom stereocenters. The standard InChI is InChI=1S/C15H16ClN3O/c1-2-10-19(15(20)7-8-16)14-5-3-13(4-6-14)18-11-9-17-12-18/h2-6,9,11-12H,1,7-8,10H2. The van der Waals surface area contributed by atoms with Gasteiger partial charge in [0.2, 0.25) is 5.91 Å². The lowest BCUT2D eigenvalue weighted by molar-refractivity contribution is -0.118. The molecule has 1 heterocycles. The smallest absolute Gasteiger partial charge is 0.228 e. The molecule has 0 saturated carbocycles. The van der Waals surface area contributed by atoms with Crippen molar-refractivity contribution >= 4 is 23.2 Å². The summed E-state index contributed by atoms with van der Waals surface area (Å²) in [5, 5.41) is 0. The van der Waals surface area contributed by atoms with Gasteiger partial charge in [-0.25, -0.2) is 4.98 Å². The molecule has 104 valence electrons. The lowest BCUT2D eigenvalue weighted by Gasteiger charge is -2.21. The van der Waals surface area contributed by atoms with Crippen molar-refractivity contribution in [1.82, 2.24) is 9.55 Å². The van der Waals surface area contributed by atoms with E-state index in [1.54, 1.807) is 23.5 Å². The van der Waals surface area contributed by atoms with Gasteiger partial charge >= 0.3 is 0 Å². The van der Waals surface area contributed by atoms with Crippen LogP contribution in [0.3, 0.4) is 0 Å². The Morgan fingerprint density at radius 2 is 2.15 bits per heavy atom. The van der Waals surface area contributed by atoms with E-state index in [1.807, 2.05) is 35.0 Å².